The van der Waals surface area contributed by atoms with Crippen molar-refractivity contribution in [3.63, 3.8) is 0 Å². The molecule has 1 saturated carbocycles. The van der Waals surface area contributed by atoms with Gasteiger partial charge >= 0.3 is 0 Å². The van der Waals surface area contributed by atoms with E-state index < -0.39 is 0 Å². The quantitative estimate of drug-likeness (QED) is 0.900. The van der Waals surface area contributed by atoms with E-state index in [4.69, 9.17) is 5.73 Å². The lowest BCUT2D eigenvalue weighted by molar-refractivity contribution is -0.130. The molecule has 2 aliphatic rings. The first-order valence-electron chi connectivity index (χ1n) is 7.34. The molecule has 2 fully saturated rings. The van der Waals surface area contributed by atoms with Crippen LogP contribution < -0.4 is 5.73 Å². The maximum atomic E-state index is 12.1. The molecule has 19 heavy (non-hydrogen) atoms. The number of likely N-dealkylation sites (tertiary alicyclic amines) is 1. The van der Waals surface area contributed by atoms with Crippen molar-refractivity contribution >= 4 is 5.91 Å². The Morgan fingerprint density at radius 1 is 1.21 bits per heavy atom. The SMILES string of the molecule is NC1(c2ccccc2CCC(=O)N2CCCC2)CC1. The molecule has 1 aromatic rings. The van der Waals surface area contributed by atoms with Gasteiger partial charge in [-0.1, -0.05) is 24.3 Å². The normalized spacial score (nSPS) is 20.6. The molecule has 0 spiro atoms. The van der Waals surface area contributed by atoms with Crippen molar-refractivity contribution in [1.82, 2.24) is 4.90 Å². The van der Waals surface area contributed by atoms with Crippen LogP contribution in [-0.2, 0) is 16.8 Å². The summed E-state index contributed by atoms with van der Waals surface area (Å²) in [5.41, 5.74) is 8.71. The average Bonchev–Trinajstić information content (AvgIpc) is 2.95. The molecule has 3 rings (SSSR count). The zero-order chi connectivity index (χ0) is 13.3. The van der Waals surface area contributed by atoms with Crippen molar-refractivity contribution < 1.29 is 4.79 Å². The Morgan fingerprint density at radius 3 is 2.58 bits per heavy atom. The Morgan fingerprint density at radius 2 is 1.89 bits per heavy atom. The second-order valence-corrected chi connectivity index (χ2v) is 5.90. The van der Waals surface area contributed by atoms with Gasteiger partial charge < -0.3 is 10.6 Å². The lowest BCUT2D eigenvalue weighted by Crippen LogP contribution is -2.28. The van der Waals surface area contributed by atoms with E-state index in [-0.39, 0.29) is 5.54 Å². The van der Waals surface area contributed by atoms with Crippen molar-refractivity contribution in [1.29, 1.82) is 0 Å². The number of hydrogen-bond acceptors (Lipinski definition) is 2. The highest BCUT2D eigenvalue weighted by Crippen LogP contribution is 2.44. The molecular formula is C16H22N2O. The molecule has 1 heterocycles. The fraction of sp³-hybridized carbons (Fsp3) is 0.562. The van der Waals surface area contributed by atoms with Gasteiger partial charge in [0.25, 0.3) is 0 Å². The van der Waals surface area contributed by atoms with Crippen molar-refractivity contribution in [2.24, 2.45) is 5.73 Å². The highest BCUT2D eigenvalue weighted by Gasteiger charge is 2.41. The van der Waals surface area contributed by atoms with E-state index in [0.29, 0.717) is 12.3 Å². The highest BCUT2D eigenvalue weighted by molar-refractivity contribution is 5.76. The Hall–Kier alpha value is -1.35. The number of nitrogens with zero attached hydrogens (tertiary/aromatic N) is 1. The number of carbonyl (C=O) groups excluding carboxylic acids is 1. The first-order chi connectivity index (χ1) is 9.19. The van der Waals surface area contributed by atoms with Crippen LogP contribution in [0.25, 0.3) is 0 Å². The first-order valence-corrected chi connectivity index (χ1v) is 7.34. The Balaban J connectivity index is 1.65. The molecule has 1 amide bonds. The Bertz CT molecular complexity index is 473. The second kappa shape index (κ2) is 4.97. The van der Waals surface area contributed by atoms with Gasteiger partial charge in [-0.15, -0.1) is 0 Å². The van der Waals surface area contributed by atoms with E-state index in [2.05, 4.69) is 12.1 Å². The maximum Gasteiger partial charge on any atom is 0.222 e. The van der Waals surface area contributed by atoms with Crippen LogP contribution in [0.4, 0.5) is 0 Å². The van der Waals surface area contributed by atoms with Gasteiger partial charge in [-0.25, -0.2) is 0 Å². The Kier molecular flexibility index (Phi) is 3.31. The van der Waals surface area contributed by atoms with Crippen LogP contribution >= 0.6 is 0 Å². The second-order valence-electron chi connectivity index (χ2n) is 5.90. The van der Waals surface area contributed by atoms with E-state index in [1.54, 1.807) is 0 Å². The van der Waals surface area contributed by atoms with Crippen molar-refractivity contribution in [2.75, 3.05) is 13.1 Å². The van der Waals surface area contributed by atoms with Crippen molar-refractivity contribution in [2.45, 2.75) is 44.1 Å². The van der Waals surface area contributed by atoms with Crippen LogP contribution in [0.15, 0.2) is 24.3 Å². The highest BCUT2D eigenvalue weighted by atomic mass is 16.2. The number of carbonyl (C=O) groups is 1. The van der Waals surface area contributed by atoms with Gasteiger partial charge in [-0.3, -0.25) is 4.79 Å². The summed E-state index contributed by atoms with van der Waals surface area (Å²) in [5, 5.41) is 0. The molecule has 2 N–H and O–H groups in total. The predicted octanol–water partition coefficient (Wildman–Crippen LogP) is 2.19. The minimum Gasteiger partial charge on any atom is -0.343 e. The van der Waals surface area contributed by atoms with Crippen LogP contribution in [0.3, 0.4) is 0 Å². The summed E-state index contributed by atoms with van der Waals surface area (Å²) in [4.78, 5) is 14.1. The van der Waals surface area contributed by atoms with E-state index in [1.165, 1.54) is 11.1 Å². The van der Waals surface area contributed by atoms with Gasteiger partial charge in [0.05, 0.1) is 0 Å². The molecule has 102 valence electrons. The molecular weight excluding hydrogens is 236 g/mol. The van der Waals surface area contributed by atoms with Gasteiger partial charge in [0.2, 0.25) is 5.91 Å². The van der Waals surface area contributed by atoms with Gasteiger partial charge in [-0.2, -0.15) is 0 Å². The molecule has 1 aliphatic heterocycles. The van der Waals surface area contributed by atoms with Gasteiger partial charge in [0.1, 0.15) is 0 Å². The molecule has 1 aromatic carbocycles. The summed E-state index contributed by atoms with van der Waals surface area (Å²) in [6, 6.07) is 8.35. The summed E-state index contributed by atoms with van der Waals surface area (Å²) in [6.07, 6.45) is 5.91. The predicted molar refractivity (Wildman–Crippen MR) is 75.7 cm³/mol. The van der Waals surface area contributed by atoms with Crippen LogP contribution in [0, 0.1) is 0 Å². The molecule has 0 unspecified atom stereocenters. The zero-order valence-electron chi connectivity index (χ0n) is 11.4. The minimum atomic E-state index is -0.104. The van der Waals surface area contributed by atoms with Crippen molar-refractivity contribution in [3.8, 4) is 0 Å². The molecule has 1 aliphatic carbocycles. The van der Waals surface area contributed by atoms with Gasteiger partial charge in [0, 0.05) is 25.0 Å². The van der Waals surface area contributed by atoms with E-state index in [1.807, 2.05) is 17.0 Å². The third-order valence-corrected chi connectivity index (χ3v) is 4.41. The van der Waals surface area contributed by atoms with Crippen LogP contribution in [0.1, 0.15) is 43.2 Å². The maximum absolute atomic E-state index is 12.1. The third kappa shape index (κ3) is 2.66. The summed E-state index contributed by atoms with van der Waals surface area (Å²) in [5.74, 6) is 0.300. The molecule has 1 saturated heterocycles. The number of hydrogen-bond donors (Lipinski definition) is 1. The molecule has 0 aromatic heterocycles. The van der Waals surface area contributed by atoms with Gasteiger partial charge in [0.15, 0.2) is 0 Å². The largest absolute Gasteiger partial charge is 0.343 e. The zero-order valence-corrected chi connectivity index (χ0v) is 11.4. The summed E-state index contributed by atoms with van der Waals surface area (Å²) >= 11 is 0. The number of amides is 1. The lowest BCUT2D eigenvalue weighted by atomic mass is 9.96. The standard InChI is InChI=1S/C16H22N2O/c17-16(9-10-16)14-6-2-1-5-13(14)7-8-15(19)18-11-3-4-12-18/h1-2,5-6H,3-4,7-12,17H2. The fourth-order valence-electron chi connectivity index (χ4n) is 2.99. The van der Waals surface area contributed by atoms with Crippen LogP contribution in [-0.4, -0.2) is 23.9 Å². The van der Waals surface area contributed by atoms with Crippen LogP contribution in [0.5, 0.6) is 0 Å². The Labute approximate surface area is 114 Å². The monoisotopic (exact) mass is 258 g/mol. The first kappa shape index (κ1) is 12.7. The van der Waals surface area contributed by atoms with Crippen LogP contribution in [0.2, 0.25) is 0 Å². The topological polar surface area (TPSA) is 46.3 Å². The summed E-state index contributed by atoms with van der Waals surface area (Å²) in [6.45, 7) is 1.89. The van der Waals surface area contributed by atoms with Gasteiger partial charge in [-0.05, 0) is 43.2 Å². The smallest absolute Gasteiger partial charge is 0.222 e. The summed E-state index contributed by atoms with van der Waals surface area (Å²) < 4.78 is 0. The number of rotatable bonds is 4. The van der Waals surface area contributed by atoms with E-state index in [0.717, 1.165) is 45.2 Å². The number of aryl methyl sites for hydroxylation is 1. The molecule has 0 bridgehead atoms. The number of benzene rings is 1. The number of nitrogens with two attached hydrogens (primary N) is 1. The molecule has 0 radical (unpaired) electrons. The molecule has 0 atom stereocenters. The molecule has 3 nitrogen and oxygen atoms in total. The van der Waals surface area contributed by atoms with E-state index >= 15 is 0 Å². The lowest BCUT2D eigenvalue weighted by Gasteiger charge is -2.17. The average molecular weight is 258 g/mol. The molecule has 3 heteroatoms. The fourth-order valence-corrected chi connectivity index (χ4v) is 2.99. The van der Waals surface area contributed by atoms with E-state index in [9.17, 15) is 4.79 Å². The third-order valence-electron chi connectivity index (χ3n) is 4.41. The summed E-state index contributed by atoms with van der Waals surface area (Å²) in [7, 11) is 0. The van der Waals surface area contributed by atoms with Crippen molar-refractivity contribution in [3.05, 3.63) is 35.4 Å². The minimum absolute atomic E-state index is 0.104.